The van der Waals surface area contributed by atoms with Gasteiger partial charge in [-0.3, -0.25) is 0 Å². The van der Waals surface area contributed by atoms with E-state index in [9.17, 15) is 0 Å². The molecular formula is C6H20N4O. The Morgan fingerprint density at radius 1 is 0.636 bits per heavy atom. The third kappa shape index (κ3) is 25.9. The standard InChI is InChI=1S/C4H12N2O.C2H8N2/c5-1-3-7-4-2-6;3-1-2-4/h1-6H2;1-4H2. The van der Waals surface area contributed by atoms with Gasteiger partial charge in [0, 0.05) is 26.2 Å². The number of rotatable bonds is 5. The van der Waals surface area contributed by atoms with Crippen molar-refractivity contribution in [1.29, 1.82) is 0 Å². The van der Waals surface area contributed by atoms with Crippen LogP contribution in [0.4, 0.5) is 0 Å². The van der Waals surface area contributed by atoms with Gasteiger partial charge in [-0.25, -0.2) is 0 Å². The lowest BCUT2D eigenvalue weighted by molar-refractivity contribution is 0.149. The van der Waals surface area contributed by atoms with Crippen molar-refractivity contribution in [3.8, 4) is 0 Å². The van der Waals surface area contributed by atoms with E-state index in [1.54, 1.807) is 0 Å². The molecule has 0 amide bonds. The molecule has 0 aliphatic rings. The van der Waals surface area contributed by atoms with E-state index < -0.39 is 0 Å². The largest absolute Gasteiger partial charge is 0.379 e. The van der Waals surface area contributed by atoms with Crippen LogP contribution in [0.2, 0.25) is 0 Å². The normalized spacial score (nSPS) is 8.73. The van der Waals surface area contributed by atoms with E-state index in [1.165, 1.54) is 0 Å². The first-order chi connectivity index (χ1) is 5.33. The first-order valence-corrected chi connectivity index (χ1v) is 3.71. The van der Waals surface area contributed by atoms with Crippen LogP contribution in [-0.4, -0.2) is 39.4 Å². The third-order valence-corrected chi connectivity index (χ3v) is 0.691. The van der Waals surface area contributed by atoms with Crippen molar-refractivity contribution in [3.05, 3.63) is 0 Å². The van der Waals surface area contributed by atoms with E-state index in [0.717, 1.165) is 0 Å². The van der Waals surface area contributed by atoms with E-state index in [4.69, 9.17) is 27.7 Å². The van der Waals surface area contributed by atoms with Gasteiger partial charge < -0.3 is 27.7 Å². The lowest BCUT2D eigenvalue weighted by Crippen LogP contribution is -2.13. The van der Waals surface area contributed by atoms with Crippen LogP contribution in [0.3, 0.4) is 0 Å². The van der Waals surface area contributed by atoms with Crippen LogP contribution in [-0.2, 0) is 4.74 Å². The van der Waals surface area contributed by atoms with Gasteiger partial charge in [0.2, 0.25) is 0 Å². The average molecular weight is 164 g/mol. The zero-order valence-corrected chi connectivity index (χ0v) is 6.96. The topological polar surface area (TPSA) is 113 Å². The van der Waals surface area contributed by atoms with Crippen LogP contribution in [0.15, 0.2) is 0 Å². The van der Waals surface area contributed by atoms with E-state index in [-0.39, 0.29) is 0 Å². The maximum absolute atomic E-state index is 5.10. The molecular weight excluding hydrogens is 144 g/mol. The van der Waals surface area contributed by atoms with Crippen LogP contribution >= 0.6 is 0 Å². The van der Waals surface area contributed by atoms with E-state index in [1.807, 2.05) is 0 Å². The summed E-state index contributed by atoms with van der Waals surface area (Å²) in [6.07, 6.45) is 0. The van der Waals surface area contributed by atoms with Crippen LogP contribution in [0.25, 0.3) is 0 Å². The summed E-state index contributed by atoms with van der Waals surface area (Å²) < 4.78 is 4.88. The number of hydrogen-bond acceptors (Lipinski definition) is 5. The summed E-state index contributed by atoms with van der Waals surface area (Å²) in [7, 11) is 0. The van der Waals surface area contributed by atoms with Gasteiger partial charge in [0.1, 0.15) is 0 Å². The van der Waals surface area contributed by atoms with Gasteiger partial charge in [0.25, 0.3) is 0 Å². The second kappa shape index (κ2) is 16.4. The van der Waals surface area contributed by atoms with Gasteiger partial charge in [-0.1, -0.05) is 0 Å². The molecule has 11 heavy (non-hydrogen) atoms. The van der Waals surface area contributed by atoms with Crippen molar-refractivity contribution >= 4 is 0 Å². The Hall–Kier alpha value is -0.200. The fourth-order valence-corrected chi connectivity index (χ4v) is 0.269. The molecule has 0 saturated heterocycles. The van der Waals surface area contributed by atoms with Crippen LogP contribution in [0.5, 0.6) is 0 Å². The van der Waals surface area contributed by atoms with Crippen molar-refractivity contribution in [2.45, 2.75) is 0 Å². The Kier molecular flexibility index (Phi) is 20.0. The lowest BCUT2D eigenvalue weighted by atomic mass is 10.7. The quantitative estimate of drug-likeness (QED) is 0.345. The monoisotopic (exact) mass is 164 g/mol. The molecule has 0 rings (SSSR count). The van der Waals surface area contributed by atoms with Gasteiger partial charge in [-0.05, 0) is 0 Å². The van der Waals surface area contributed by atoms with Gasteiger partial charge in [-0.15, -0.1) is 0 Å². The summed E-state index contributed by atoms with van der Waals surface area (Å²) in [6, 6.07) is 0. The number of nitrogens with two attached hydrogens (primary N) is 4. The molecule has 0 atom stereocenters. The van der Waals surface area contributed by atoms with E-state index >= 15 is 0 Å². The molecule has 0 fully saturated rings. The van der Waals surface area contributed by atoms with Gasteiger partial charge in [0.05, 0.1) is 13.2 Å². The molecule has 0 aromatic heterocycles. The summed E-state index contributed by atoms with van der Waals surface area (Å²) in [6.45, 7) is 3.61. The van der Waals surface area contributed by atoms with Crippen LogP contribution in [0.1, 0.15) is 0 Å². The zero-order valence-electron chi connectivity index (χ0n) is 6.96. The maximum atomic E-state index is 5.10. The molecule has 8 N–H and O–H groups in total. The summed E-state index contributed by atoms with van der Waals surface area (Å²) in [4.78, 5) is 0. The molecule has 0 aliphatic carbocycles. The predicted octanol–water partition coefficient (Wildman–Crippen LogP) is -2.18. The third-order valence-electron chi connectivity index (χ3n) is 0.691. The molecule has 0 radical (unpaired) electrons. The molecule has 70 valence electrons. The summed E-state index contributed by atoms with van der Waals surface area (Å²) in [5, 5.41) is 0. The Balaban J connectivity index is 0. The highest BCUT2D eigenvalue weighted by molar-refractivity contribution is 4.31. The van der Waals surface area contributed by atoms with Crippen molar-refractivity contribution < 1.29 is 4.74 Å². The fraction of sp³-hybridized carbons (Fsp3) is 1.00. The molecule has 0 bridgehead atoms. The highest BCUT2D eigenvalue weighted by Gasteiger charge is 1.77. The van der Waals surface area contributed by atoms with Gasteiger partial charge >= 0.3 is 0 Å². The minimum Gasteiger partial charge on any atom is -0.379 e. The molecule has 0 aromatic carbocycles. The summed E-state index contributed by atoms with van der Waals surface area (Å²) in [5.41, 5.74) is 20.0. The Bertz CT molecular complexity index is 47.8. The van der Waals surface area contributed by atoms with Crippen molar-refractivity contribution in [2.75, 3.05) is 39.4 Å². The fourth-order valence-electron chi connectivity index (χ4n) is 0.269. The Morgan fingerprint density at radius 2 is 1.00 bits per heavy atom. The second-order valence-corrected chi connectivity index (χ2v) is 1.77. The first-order valence-electron chi connectivity index (χ1n) is 3.71. The van der Waals surface area contributed by atoms with E-state index in [2.05, 4.69) is 0 Å². The Morgan fingerprint density at radius 3 is 1.18 bits per heavy atom. The smallest absolute Gasteiger partial charge is 0.0589 e. The molecule has 5 nitrogen and oxygen atoms in total. The summed E-state index contributed by atoms with van der Waals surface area (Å²) in [5.74, 6) is 0. The maximum Gasteiger partial charge on any atom is 0.0589 e. The molecule has 0 heterocycles. The highest BCUT2D eigenvalue weighted by atomic mass is 16.5. The lowest BCUT2D eigenvalue weighted by Gasteiger charge is -1.95. The minimum absolute atomic E-state index is 0.583. The second-order valence-electron chi connectivity index (χ2n) is 1.77. The molecule has 0 aliphatic heterocycles. The molecule has 0 spiro atoms. The molecule has 0 unspecified atom stereocenters. The Labute approximate surface area is 68.0 Å². The zero-order chi connectivity index (χ0) is 8.95. The number of ether oxygens (including phenoxy) is 1. The van der Waals surface area contributed by atoms with Crippen molar-refractivity contribution in [2.24, 2.45) is 22.9 Å². The molecule has 0 saturated carbocycles. The SMILES string of the molecule is NCCN.NCCOCCN. The van der Waals surface area contributed by atoms with E-state index in [0.29, 0.717) is 39.4 Å². The molecule has 0 aromatic rings. The van der Waals surface area contributed by atoms with Gasteiger partial charge in [-0.2, -0.15) is 0 Å². The predicted molar refractivity (Wildman–Crippen MR) is 47.0 cm³/mol. The average Bonchev–Trinajstić information content (AvgIpc) is 2.06. The highest BCUT2D eigenvalue weighted by Crippen LogP contribution is 1.65. The van der Waals surface area contributed by atoms with Crippen LogP contribution < -0.4 is 22.9 Å². The van der Waals surface area contributed by atoms with Gasteiger partial charge in [0.15, 0.2) is 0 Å². The summed E-state index contributed by atoms with van der Waals surface area (Å²) >= 11 is 0. The van der Waals surface area contributed by atoms with Crippen LogP contribution in [0, 0.1) is 0 Å². The number of hydrogen-bond donors (Lipinski definition) is 4. The van der Waals surface area contributed by atoms with Crippen molar-refractivity contribution in [3.63, 3.8) is 0 Å². The van der Waals surface area contributed by atoms with Crippen molar-refractivity contribution in [1.82, 2.24) is 0 Å². The minimum atomic E-state index is 0.583. The molecule has 5 heteroatoms. The first kappa shape index (κ1) is 13.4.